The first-order valence-electron chi connectivity index (χ1n) is 3.34. The third-order valence-corrected chi connectivity index (χ3v) is 1.31. The molecule has 0 atom stereocenters. The largest absolute Gasteiger partial charge is 0.357 e. The minimum Gasteiger partial charge on any atom is -0.338 e. The number of aromatic nitrogens is 1. The van der Waals surface area contributed by atoms with E-state index < -0.39 is 5.63 Å². The van der Waals surface area contributed by atoms with Crippen LogP contribution in [0, 0.1) is 5.92 Å². The molecule has 0 saturated heterocycles. The molecule has 0 unspecified atom stereocenters. The van der Waals surface area contributed by atoms with Crippen LogP contribution in [0.3, 0.4) is 0 Å². The molecule has 1 rings (SSSR count). The molecule has 0 amide bonds. The maximum Gasteiger partial charge on any atom is 0.357 e. The summed E-state index contributed by atoms with van der Waals surface area (Å²) in [6, 6.07) is 1.16. The monoisotopic (exact) mass is 155 g/mol. The van der Waals surface area contributed by atoms with Gasteiger partial charge in [0.15, 0.2) is 5.78 Å². The summed E-state index contributed by atoms with van der Waals surface area (Å²) < 4.78 is 4.33. The molecule has 11 heavy (non-hydrogen) atoms. The van der Waals surface area contributed by atoms with Crippen LogP contribution < -0.4 is 5.63 Å². The molecule has 0 fully saturated rings. The normalized spacial score (nSPS) is 10.5. The van der Waals surface area contributed by atoms with E-state index in [0.29, 0.717) is 0 Å². The zero-order chi connectivity index (χ0) is 8.43. The molecule has 0 aliphatic heterocycles. The first kappa shape index (κ1) is 7.78. The summed E-state index contributed by atoms with van der Waals surface area (Å²) in [5, 5.41) is 2.25. The molecular weight excluding hydrogens is 146 g/mol. The number of hydrogen-bond acceptors (Lipinski definition) is 3. The van der Waals surface area contributed by atoms with Crippen LogP contribution in [0.1, 0.15) is 24.3 Å². The van der Waals surface area contributed by atoms with E-state index in [1.54, 1.807) is 13.8 Å². The Morgan fingerprint density at radius 3 is 2.64 bits per heavy atom. The molecule has 4 nitrogen and oxygen atoms in total. The molecule has 0 aromatic carbocycles. The van der Waals surface area contributed by atoms with Crippen LogP contribution in [0.4, 0.5) is 0 Å². The van der Waals surface area contributed by atoms with Crippen molar-refractivity contribution in [2.75, 3.05) is 0 Å². The number of H-pyrrole nitrogens is 1. The number of ketones is 1. The van der Waals surface area contributed by atoms with Gasteiger partial charge in [-0.2, -0.15) is 0 Å². The topological polar surface area (TPSA) is 63.1 Å². The lowest BCUT2D eigenvalue weighted by Gasteiger charge is -1.97. The van der Waals surface area contributed by atoms with Crippen LogP contribution in [0.2, 0.25) is 0 Å². The molecule has 1 N–H and O–H groups in total. The summed E-state index contributed by atoms with van der Waals surface area (Å²) in [5.41, 5.74) is -0.279. The summed E-state index contributed by atoms with van der Waals surface area (Å²) >= 11 is 0. The van der Waals surface area contributed by atoms with Crippen molar-refractivity contribution in [1.82, 2.24) is 5.16 Å². The number of Topliss-reactive ketones (excluding diaryl/α,β-unsaturated/α-hetero) is 1. The van der Waals surface area contributed by atoms with Gasteiger partial charge in [-0.05, 0) is 0 Å². The maximum atomic E-state index is 11.1. The van der Waals surface area contributed by atoms with Crippen LogP contribution >= 0.6 is 0 Å². The molecule has 0 aliphatic rings. The highest BCUT2D eigenvalue weighted by Gasteiger charge is 2.12. The Bertz CT molecular complexity index is 307. The number of hydrogen-bond donors (Lipinski definition) is 1. The quantitative estimate of drug-likeness (QED) is 0.642. The fourth-order valence-corrected chi connectivity index (χ4v) is 0.714. The zero-order valence-corrected chi connectivity index (χ0v) is 6.38. The Morgan fingerprint density at radius 2 is 2.27 bits per heavy atom. The van der Waals surface area contributed by atoms with Gasteiger partial charge >= 0.3 is 5.63 Å². The number of carbonyl (C=O) groups excluding carboxylic acids is 1. The summed E-state index contributed by atoms with van der Waals surface area (Å²) in [4.78, 5) is 21.6. The van der Waals surface area contributed by atoms with E-state index in [0.717, 1.165) is 6.07 Å². The lowest BCUT2D eigenvalue weighted by molar-refractivity contribution is 0.0930. The van der Waals surface area contributed by atoms with Gasteiger partial charge in [0.25, 0.3) is 0 Å². The highest BCUT2D eigenvalue weighted by Crippen LogP contribution is 2.02. The average Bonchev–Trinajstić information content (AvgIpc) is 2.34. The third-order valence-electron chi connectivity index (χ3n) is 1.31. The molecular formula is C7H9NO3. The second-order valence-corrected chi connectivity index (χ2v) is 2.60. The lowest BCUT2D eigenvalue weighted by atomic mass is 10.1. The summed E-state index contributed by atoms with van der Waals surface area (Å²) in [6.45, 7) is 3.52. The fourth-order valence-electron chi connectivity index (χ4n) is 0.714. The minimum absolute atomic E-state index is 0.115. The number of carbonyl (C=O) groups is 1. The molecule has 0 saturated carbocycles. The van der Waals surface area contributed by atoms with Crippen LogP contribution in [0.25, 0.3) is 0 Å². The molecule has 1 aromatic heterocycles. The van der Waals surface area contributed by atoms with Crippen LogP contribution in [-0.2, 0) is 0 Å². The SMILES string of the molecule is CC(C)C(=O)c1cc(=O)o[nH]1. The van der Waals surface area contributed by atoms with Crippen LogP contribution in [-0.4, -0.2) is 10.9 Å². The number of nitrogens with one attached hydrogen (secondary N) is 1. The van der Waals surface area contributed by atoms with Gasteiger partial charge in [0.1, 0.15) is 5.69 Å². The Balaban J connectivity index is 2.94. The van der Waals surface area contributed by atoms with E-state index in [4.69, 9.17) is 0 Å². The van der Waals surface area contributed by atoms with E-state index >= 15 is 0 Å². The predicted octanol–water partition coefficient (Wildman–Crippen LogP) is 0.807. The van der Waals surface area contributed by atoms with Crippen molar-refractivity contribution in [3.05, 3.63) is 22.2 Å². The fraction of sp³-hybridized carbons (Fsp3) is 0.429. The molecule has 0 radical (unpaired) electrons. The zero-order valence-electron chi connectivity index (χ0n) is 6.38. The smallest absolute Gasteiger partial charge is 0.338 e. The summed E-state index contributed by atoms with van der Waals surface area (Å²) in [7, 11) is 0. The number of rotatable bonds is 2. The Hall–Kier alpha value is -1.32. The highest BCUT2D eigenvalue weighted by atomic mass is 16.5. The van der Waals surface area contributed by atoms with Gasteiger partial charge in [-0.1, -0.05) is 13.8 Å². The first-order chi connectivity index (χ1) is 5.11. The van der Waals surface area contributed by atoms with E-state index in [1.807, 2.05) is 0 Å². The molecule has 1 heterocycles. The van der Waals surface area contributed by atoms with Crippen molar-refractivity contribution in [3.8, 4) is 0 Å². The van der Waals surface area contributed by atoms with Gasteiger partial charge in [0.05, 0.1) is 6.07 Å². The minimum atomic E-state index is -0.519. The molecule has 0 bridgehead atoms. The van der Waals surface area contributed by atoms with Gasteiger partial charge in [0, 0.05) is 5.92 Å². The summed E-state index contributed by atoms with van der Waals surface area (Å²) in [6.07, 6.45) is 0. The van der Waals surface area contributed by atoms with Crippen molar-refractivity contribution in [1.29, 1.82) is 0 Å². The Morgan fingerprint density at radius 1 is 1.64 bits per heavy atom. The summed E-state index contributed by atoms with van der Waals surface area (Å²) in [5.74, 6) is -0.237. The van der Waals surface area contributed by atoms with E-state index in [2.05, 4.69) is 9.68 Å². The van der Waals surface area contributed by atoms with Crippen molar-refractivity contribution in [3.63, 3.8) is 0 Å². The second-order valence-electron chi connectivity index (χ2n) is 2.60. The van der Waals surface area contributed by atoms with E-state index in [9.17, 15) is 9.59 Å². The van der Waals surface area contributed by atoms with Gasteiger partial charge in [-0.3, -0.25) is 4.79 Å². The second kappa shape index (κ2) is 2.74. The van der Waals surface area contributed by atoms with Crippen molar-refractivity contribution < 1.29 is 9.32 Å². The van der Waals surface area contributed by atoms with E-state index in [1.165, 1.54) is 0 Å². The lowest BCUT2D eigenvalue weighted by Crippen LogP contribution is -2.07. The Labute approximate surface area is 63.2 Å². The van der Waals surface area contributed by atoms with Crippen LogP contribution in [0.5, 0.6) is 0 Å². The standard InChI is InChI=1S/C7H9NO3/c1-4(2)7(10)5-3-6(9)11-8-5/h3-4,8H,1-2H3. The Kier molecular flexibility index (Phi) is 1.94. The van der Waals surface area contributed by atoms with Gasteiger partial charge in [-0.15, -0.1) is 0 Å². The molecule has 0 aliphatic carbocycles. The predicted molar refractivity (Wildman–Crippen MR) is 38.5 cm³/mol. The highest BCUT2D eigenvalue weighted by molar-refractivity contribution is 5.95. The van der Waals surface area contributed by atoms with Gasteiger partial charge < -0.3 is 4.52 Å². The molecule has 0 spiro atoms. The molecule has 60 valence electrons. The van der Waals surface area contributed by atoms with Crippen molar-refractivity contribution in [2.45, 2.75) is 13.8 Å². The van der Waals surface area contributed by atoms with Crippen molar-refractivity contribution >= 4 is 5.78 Å². The molecule has 4 heteroatoms. The first-order valence-corrected chi connectivity index (χ1v) is 3.34. The van der Waals surface area contributed by atoms with E-state index in [-0.39, 0.29) is 17.4 Å². The van der Waals surface area contributed by atoms with Crippen LogP contribution in [0.15, 0.2) is 15.4 Å². The van der Waals surface area contributed by atoms with Gasteiger partial charge in [0.2, 0.25) is 0 Å². The van der Waals surface area contributed by atoms with Crippen molar-refractivity contribution in [2.24, 2.45) is 5.92 Å². The third kappa shape index (κ3) is 1.58. The van der Waals surface area contributed by atoms with Gasteiger partial charge in [-0.25, -0.2) is 9.95 Å². The number of aromatic amines is 1. The maximum absolute atomic E-state index is 11.1. The average molecular weight is 155 g/mol. The molecule has 1 aromatic rings.